The van der Waals surface area contributed by atoms with Crippen LogP contribution >= 0.6 is 0 Å². The molecule has 4 heteroatoms. The van der Waals surface area contributed by atoms with Crippen LogP contribution in [0.15, 0.2) is 24.3 Å². The van der Waals surface area contributed by atoms with Crippen LogP contribution in [0.5, 0.6) is 0 Å². The van der Waals surface area contributed by atoms with E-state index in [1.807, 2.05) is 34.1 Å². The Morgan fingerprint density at radius 3 is 2.55 bits per heavy atom. The number of hydrogen-bond donors (Lipinski definition) is 1. The van der Waals surface area contributed by atoms with Crippen LogP contribution in [-0.4, -0.2) is 30.6 Å². The molecule has 4 nitrogen and oxygen atoms in total. The summed E-state index contributed by atoms with van der Waals surface area (Å²) in [6, 6.07) is 7.72. The first-order valence-corrected chi connectivity index (χ1v) is 7.64. The van der Waals surface area contributed by atoms with E-state index in [0.717, 1.165) is 44.6 Å². The number of carbonyl (C=O) groups is 1. The van der Waals surface area contributed by atoms with E-state index < -0.39 is 0 Å². The van der Waals surface area contributed by atoms with Crippen molar-refractivity contribution in [2.45, 2.75) is 39.0 Å². The Labute approximate surface area is 121 Å². The molecule has 1 aromatic rings. The summed E-state index contributed by atoms with van der Waals surface area (Å²) in [6.45, 7) is 4.58. The van der Waals surface area contributed by atoms with Gasteiger partial charge < -0.3 is 10.6 Å². The lowest BCUT2D eigenvalue weighted by molar-refractivity contribution is 0.206. The number of nitrogens with zero attached hydrogens (tertiary/aromatic N) is 2. The standard InChI is InChI=1S/C16H25N3O/c1-2-10-19(15-9-7-8-14(17)13-15)16(20)18-11-5-3-4-6-12-18/h7-9,13H,2-6,10-12,17H2,1H3. The fraction of sp³-hybridized carbons (Fsp3) is 0.562. The third-order valence-corrected chi connectivity index (χ3v) is 3.74. The molecule has 0 aliphatic carbocycles. The predicted molar refractivity (Wildman–Crippen MR) is 83.9 cm³/mol. The van der Waals surface area contributed by atoms with Crippen molar-refractivity contribution in [3.05, 3.63) is 24.3 Å². The first-order chi connectivity index (χ1) is 9.72. The Hall–Kier alpha value is -1.71. The molecule has 0 saturated carbocycles. The van der Waals surface area contributed by atoms with Gasteiger partial charge in [-0.25, -0.2) is 4.79 Å². The number of likely N-dealkylation sites (tertiary alicyclic amines) is 1. The van der Waals surface area contributed by atoms with Crippen molar-refractivity contribution in [1.82, 2.24) is 4.90 Å². The molecule has 0 atom stereocenters. The summed E-state index contributed by atoms with van der Waals surface area (Å²) < 4.78 is 0. The van der Waals surface area contributed by atoms with Gasteiger partial charge in [-0.05, 0) is 37.5 Å². The number of anilines is 2. The third kappa shape index (κ3) is 3.65. The van der Waals surface area contributed by atoms with Gasteiger partial charge in [-0.15, -0.1) is 0 Å². The minimum absolute atomic E-state index is 0.124. The zero-order chi connectivity index (χ0) is 14.4. The summed E-state index contributed by atoms with van der Waals surface area (Å²) in [6.07, 6.45) is 5.63. The summed E-state index contributed by atoms with van der Waals surface area (Å²) in [5.74, 6) is 0. The Kier molecular flexibility index (Phi) is 5.27. The number of nitrogens with two attached hydrogens (primary N) is 1. The molecule has 1 aromatic carbocycles. The van der Waals surface area contributed by atoms with Crippen LogP contribution in [-0.2, 0) is 0 Å². The normalized spacial score (nSPS) is 15.8. The van der Waals surface area contributed by atoms with Gasteiger partial charge in [0.05, 0.1) is 0 Å². The van der Waals surface area contributed by atoms with Gasteiger partial charge >= 0.3 is 6.03 Å². The van der Waals surface area contributed by atoms with Crippen LogP contribution in [0.25, 0.3) is 0 Å². The van der Waals surface area contributed by atoms with Crippen molar-refractivity contribution in [2.24, 2.45) is 0 Å². The average molecular weight is 275 g/mol. The number of urea groups is 1. The molecule has 0 spiro atoms. The van der Waals surface area contributed by atoms with Crippen molar-refractivity contribution in [3.63, 3.8) is 0 Å². The minimum atomic E-state index is 0.124. The molecule has 2 N–H and O–H groups in total. The zero-order valence-electron chi connectivity index (χ0n) is 12.3. The highest BCUT2D eigenvalue weighted by Gasteiger charge is 2.22. The number of amides is 2. The van der Waals surface area contributed by atoms with E-state index in [-0.39, 0.29) is 6.03 Å². The Bertz CT molecular complexity index is 439. The van der Waals surface area contributed by atoms with Crippen molar-refractivity contribution < 1.29 is 4.79 Å². The van der Waals surface area contributed by atoms with Crippen LogP contribution in [0.3, 0.4) is 0 Å². The van der Waals surface area contributed by atoms with E-state index >= 15 is 0 Å². The third-order valence-electron chi connectivity index (χ3n) is 3.74. The SMILES string of the molecule is CCCN(C(=O)N1CCCCCC1)c1cccc(N)c1. The largest absolute Gasteiger partial charge is 0.399 e. The maximum Gasteiger partial charge on any atom is 0.324 e. The average Bonchev–Trinajstić information content (AvgIpc) is 2.73. The molecule has 1 aliphatic rings. The second kappa shape index (κ2) is 7.17. The lowest BCUT2D eigenvalue weighted by atomic mass is 10.2. The van der Waals surface area contributed by atoms with E-state index in [1.165, 1.54) is 12.8 Å². The van der Waals surface area contributed by atoms with Crippen molar-refractivity contribution in [1.29, 1.82) is 0 Å². The highest BCUT2D eigenvalue weighted by atomic mass is 16.2. The molecule has 1 aliphatic heterocycles. The van der Waals surface area contributed by atoms with Gasteiger partial charge in [0.15, 0.2) is 0 Å². The number of carbonyl (C=O) groups excluding carboxylic acids is 1. The van der Waals surface area contributed by atoms with Crippen LogP contribution in [0.4, 0.5) is 16.2 Å². The molecule has 110 valence electrons. The molecule has 1 fully saturated rings. The molecular formula is C16H25N3O. The first-order valence-electron chi connectivity index (χ1n) is 7.64. The molecule has 2 rings (SSSR count). The van der Waals surface area contributed by atoms with Gasteiger partial charge in [0, 0.05) is 31.0 Å². The Balaban J connectivity index is 2.16. The molecule has 0 aromatic heterocycles. The second-order valence-electron chi connectivity index (χ2n) is 5.43. The lowest BCUT2D eigenvalue weighted by Crippen LogP contribution is -2.44. The predicted octanol–water partition coefficient (Wildman–Crippen LogP) is 3.48. The van der Waals surface area contributed by atoms with E-state index in [9.17, 15) is 4.79 Å². The summed E-state index contributed by atoms with van der Waals surface area (Å²) in [5, 5.41) is 0. The number of rotatable bonds is 3. The van der Waals surface area contributed by atoms with E-state index in [4.69, 9.17) is 5.73 Å². The van der Waals surface area contributed by atoms with Crippen molar-refractivity contribution in [2.75, 3.05) is 30.3 Å². The van der Waals surface area contributed by atoms with Crippen molar-refractivity contribution in [3.8, 4) is 0 Å². The smallest absolute Gasteiger partial charge is 0.324 e. The van der Waals surface area contributed by atoms with Gasteiger partial charge in [0.2, 0.25) is 0 Å². The number of hydrogen-bond acceptors (Lipinski definition) is 2. The monoisotopic (exact) mass is 275 g/mol. The van der Waals surface area contributed by atoms with Crippen LogP contribution in [0.1, 0.15) is 39.0 Å². The maximum absolute atomic E-state index is 12.8. The summed E-state index contributed by atoms with van der Waals surface area (Å²) in [5.41, 5.74) is 7.45. The highest BCUT2D eigenvalue weighted by Crippen LogP contribution is 2.21. The Morgan fingerprint density at radius 1 is 1.25 bits per heavy atom. The summed E-state index contributed by atoms with van der Waals surface area (Å²) in [7, 11) is 0. The fourth-order valence-corrected chi connectivity index (χ4v) is 2.68. The van der Waals surface area contributed by atoms with Gasteiger partial charge in [-0.1, -0.05) is 25.8 Å². The molecule has 2 amide bonds. The molecule has 0 radical (unpaired) electrons. The van der Waals surface area contributed by atoms with E-state index in [2.05, 4.69) is 6.92 Å². The van der Waals surface area contributed by atoms with Gasteiger partial charge in [0.1, 0.15) is 0 Å². The van der Waals surface area contributed by atoms with E-state index in [0.29, 0.717) is 5.69 Å². The fourth-order valence-electron chi connectivity index (χ4n) is 2.68. The molecule has 0 bridgehead atoms. The zero-order valence-corrected chi connectivity index (χ0v) is 12.3. The topological polar surface area (TPSA) is 49.6 Å². The molecule has 1 heterocycles. The van der Waals surface area contributed by atoms with Gasteiger partial charge in [-0.2, -0.15) is 0 Å². The summed E-state index contributed by atoms with van der Waals surface area (Å²) >= 11 is 0. The Morgan fingerprint density at radius 2 is 1.95 bits per heavy atom. The lowest BCUT2D eigenvalue weighted by Gasteiger charge is -2.30. The minimum Gasteiger partial charge on any atom is -0.399 e. The van der Waals surface area contributed by atoms with Crippen LogP contribution < -0.4 is 10.6 Å². The van der Waals surface area contributed by atoms with Gasteiger partial charge in [-0.3, -0.25) is 4.90 Å². The maximum atomic E-state index is 12.8. The van der Waals surface area contributed by atoms with Crippen molar-refractivity contribution >= 4 is 17.4 Å². The first kappa shape index (κ1) is 14.7. The molecule has 0 unspecified atom stereocenters. The number of benzene rings is 1. The van der Waals surface area contributed by atoms with Crippen LogP contribution in [0, 0.1) is 0 Å². The molecular weight excluding hydrogens is 250 g/mol. The van der Waals surface area contributed by atoms with Crippen LogP contribution in [0.2, 0.25) is 0 Å². The molecule has 1 saturated heterocycles. The quantitative estimate of drug-likeness (QED) is 0.859. The highest BCUT2D eigenvalue weighted by molar-refractivity contribution is 5.92. The van der Waals surface area contributed by atoms with Gasteiger partial charge in [0.25, 0.3) is 0 Å². The number of nitrogen functional groups attached to an aromatic ring is 1. The second-order valence-corrected chi connectivity index (χ2v) is 5.43. The summed E-state index contributed by atoms with van der Waals surface area (Å²) in [4.78, 5) is 16.6. The van der Waals surface area contributed by atoms with E-state index in [1.54, 1.807) is 0 Å². The molecule has 20 heavy (non-hydrogen) atoms.